The Morgan fingerprint density at radius 3 is 2.42 bits per heavy atom. The molecule has 0 atom stereocenters. The van der Waals surface area contributed by atoms with Crippen molar-refractivity contribution in [3.63, 3.8) is 0 Å². The van der Waals surface area contributed by atoms with Crippen LogP contribution in [0.25, 0.3) is 0 Å². The van der Waals surface area contributed by atoms with Crippen LogP contribution in [0.5, 0.6) is 11.5 Å². The third kappa shape index (κ3) is 4.53. The summed E-state index contributed by atoms with van der Waals surface area (Å²) in [7, 11) is 3.16. The SMILES string of the molecule is COc1ccc(/C=N/NC(=O)c2ccc3c(c2)CN(c2ccc(C)cc2)C3)cc1OC. The van der Waals surface area contributed by atoms with Crippen molar-refractivity contribution in [2.75, 3.05) is 19.1 Å². The Kier molecular flexibility index (Phi) is 5.89. The summed E-state index contributed by atoms with van der Waals surface area (Å²) in [6.45, 7) is 3.72. The van der Waals surface area contributed by atoms with Gasteiger partial charge in [-0.3, -0.25) is 4.79 Å². The predicted molar refractivity (Wildman–Crippen MR) is 122 cm³/mol. The number of aryl methyl sites for hydroxylation is 1. The lowest BCUT2D eigenvalue weighted by atomic mass is 10.1. The Morgan fingerprint density at radius 1 is 0.935 bits per heavy atom. The highest BCUT2D eigenvalue weighted by molar-refractivity contribution is 5.95. The average Bonchev–Trinajstić information content (AvgIpc) is 3.22. The minimum atomic E-state index is -0.242. The first-order valence-corrected chi connectivity index (χ1v) is 10.1. The molecular weight excluding hydrogens is 390 g/mol. The van der Waals surface area contributed by atoms with Gasteiger partial charge in [0.05, 0.1) is 20.4 Å². The Labute approximate surface area is 182 Å². The molecule has 1 heterocycles. The van der Waals surface area contributed by atoms with E-state index in [1.165, 1.54) is 16.8 Å². The molecule has 0 saturated heterocycles. The summed E-state index contributed by atoms with van der Waals surface area (Å²) >= 11 is 0. The number of methoxy groups -OCH3 is 2. The molecular formula is C25H25N3O3. The summed E-state index contributed by atoms with van der Waals surface area (Å²) < 4.78 is 10.5. The molecule has 0 unspecified atom stereocenters. The van der Waals surface area contributed by atoms with Crippen molar-refractivity contribution < 1.29 is 14.3 Å². The van der Waals surface area contributed by atoms with Gasteiger partial charge in [0.2, 0.25) is 0 Å². The van der Waals surface area contributed by atoms with Gasteiger partial charge < -0.3 is 14.4 Å². The number of hydrazone groups is 1. The van der Waals surface area contributed by atoms with Crippen molar-refractivity contribution in [1.82, 2.24) is 5.43 Å². The topological polar surface area (TPSA) is 63.2 Å². The maximum atomic E-state index is 12.6. The van der Waals surface area contributed by atoms with Crippen LogP contribution in [0.3, 0.4) is 0 Å². The molecule has 31 heavy (non-hydrogen) atoms. The summed E-state index contributed by atoms with van der Waals surface area (Å²) in [5, 5.41) is 4.08. The summed E-state index contributed by atoms with van der Waals surface area (Å²) in [6, 6.07) is 19.8. The summed E-state index contributed by atoms with van der Waals surface area (Å²) in [5.74, 6) is 1.00. The van der Waals surface area contributed by atoms with Crippen LogP contribution >= 0.6 is 0 Å². The van der Waals surface area contributed by atoms with Crippen molar-refractivity contribution in [2.45, 2.75) is 20.0 Å². The van der Waals surface area contributed by atoms with Crippen LogP contribution in [0.2, 0.25) is 0 Å². The van der Waals surface area contributed by atoms with Crippen LogP contribution in [0, 0.1) is 6.92 Å². The summed E-state index contributed by atoms with van der Waals surface area (Å²) in [4.78, 5) is 14.9. The molecule has 0 radical (unpaired) electrons. The predicted octanol–water partition coefficient (Wildman–Crippen LogP) is 4.30. The quantitative estimate of drug-likeness (QED) is 0.482. The number of ether oxygens (including phenoxy) is 2. The molecule has 0 saturated carbocycles. The van der Waals surface area contributed by atoms with E-state index < -0.39 is 0 Å². The average molecular weight is 415 g/mol. The molecule has 1 aliphatic rings. The van der Waals surface area contributed by atoms with E-state index in [1.54, 1.807) is 32.6 Å². The van der Waals surface area contributed by atoms with Crippen molar-refractivity contribution in [1.29, 1.82) is 0 Å². The molecule has 0 aromatic heterocycles. The number of hydrogen-bond acceptors (Lipinski definition) is 5. The van der Waals surface area contributed by atoms with Gasteiger partial charge in [0.25, 0.3) is 5.91 Å². The molecule has 6 heteroatoms. The van der Waals surface area contributed by atoms with Crippen molar-refractivity contribution in [3.8, 4) is 11.5 Å². The fraction of sp³-hybridized carbons (Fsp3) is 0.200. The molecule has 6 nitrogen and oxygen atoms in total. The molecule has 3 aromatic carbocycles. The highest BCUT2D eigenvalue weighted by Crippen LogP contribution is 2.29. The maximum Gasteiger partial charge on any atom is 0.271 e. The van der Waals surface area contributed by atoms with Crippen molar-refractivity contribution in [2.24, 2.45) is 5.10 Å². The molecule has 158 valence electrons. The molecule has 1 aliphatic heterocycles. The molecule has 0 spiro atoms. The number of fused-ring (bicyclic) bond motifs is 1. The summed E-state index contributed by atoms with van der Waals surface area (Å²) in [5.41, 5.74) is 8.82. The first kappa shape index (κ1) is 20.5. The largest absolute Gasteiger partial charge is 0.493 e. The third-order valence-corrected chi connectivity index (χ3v) is 5.38. The van der Waals surface area contributed by atoms with Gasteiger partial charge in [-0.25, -0.2) is 5.43 Å². The van der Waals surface area contributed by atoms with Gasteiger partial charge in [0, 0.05) is 24.3 Å². The standard InChI is InChI=1S/C25H25N3O3/c1-17-4-9-22(10-5-17)28-15-20-8-7-19(13-21(20)16-28)25(29)27-26-14-18-6-11-23(30-2)24(12-18)31-3/h4-14H,15-16H2,1-3H3,(H,27,29)/b26-14+. The van der Waals surface area contributed by atoms with Gasteiger partial charge in [0.1, 0.15) is 0 Å². The number of anilines is 1. The van der Waals surface area contributed by atoms with E-state index in [0.29, 0.717) is 17.1 Å². The van der Waals surface area contributed by atoms with E-state index in [2.05, 4.69) is 46.6 Å². The number of hydrogen-bond donors (Lipinski definition) is 1. The number of nitrogens with one attached hydrogen (secondary N) is 1. The van der Waals surface area contributed by atoms with E-state index in [0.717, 1.165) is 24.2 Å². The van der Waals surface area contributed by atoms with Gasteiger partial charge in [-0.1, -0.05) is 23.8 Å². The second kappa shape index (κ2) is 8.92. The first-order chi connectivity index (χ1) is 15.1. The van der Waals surface area contributed by atoms with E-state index in [9.17, 15) is 4.79 Å². The Morgan fingerprint density at radius 2 is 1.68 bits per heavy atom. The lowest BCUT2D eigenvalue weighted by Gasteiger charge is -2.17. The molecule has 1 amide bonds. The number of nitrogens with zero attached hydrogens (tertiary/aromatic N) is 2. The zero-order valence-corrected chi connectivity index (χ0v) is 17.9. The monoisotopic (exact) mass is 415 g/mol. The molecule has 0 bridgehead atoms. The normalized spacial score (nSPS) is 12.7. The molecule has 0 aliphatic carbocycles. The zero-order chi connectivity index (χ0) is 21.8. The Hall–Kier alpha value is -3.80. The first-order valence-electron chi connectivity index (χ1n) is 10.1. The Bertz CT molecular complexity index is 1120. The van der Waals surface area contributed by atoms with Crippen LogP contribution in [-0.4, -0.2) is 26.3 Å². The lowest BCUT2D eigenvalue weighted by Crippen LogP contribution is -2.18. The van der Waals surface area contributed by atoms with E-state index in [4.69, 9.17) is 9.47 Å². The highest BCUT2D eigenvalue weighted by Gasteiger charge is 2.20. The molecule has 1 N–H and O–H groups in total. The minimum Gasteiger partial charge on any atom is -0.493 e. The van der Waals surface area contributed by atoms with Gasteiger partial charge >= 0.3 is 0 Å². The summed E-state index contributed by atoms with van der Waals surface area (Å²) in [6.07, 6.45) is 1.58. The lowest BCUT2D eigenvalue weighted by molar-refractivity contribution is 0.0955. The van der Waals surface area contributed by atoms with Crippen LogP contribution < -0.4 is 19.8 Å². The highest BCUT2D eigenvalue weighted by atomic mass is 16.5. The third-order valence-electron chi connectivity index (χ3n) is 5.38. The zero-order valence-electron chi connectivity index (χ0n) is 17.9. The van der Waals surface area contributed by atoms with Crippen molar-refractivity contribution in [3.05, 3.63) is 88.5 Å². The minimum absolute atomic E-state index is 0.242. The van der Waals surface area contributed by atoms with Crippen molar-refractivity contribution >= 4 is 17.8 Å². The van der Waals surface area contributed by atoms with E-state index in [1.807, 2.05) is 24.3 Å². The molecule has 3 aromatic rings. The van der Waals surface area contributed by atoms with Gasteiger partial charge in [-0.2, -0.15) is 5.10 Å². The number of carbonyl (C=O) groups is 1. The van der Waals surface area contributed by atoms with Gasteiger partial charge in [-0.05, 0) is 66.1 Å². The van der Waals surface area contributed by atoms with Crippen LogP contribution in [0.1, 0.15) is 32.6 Å². The second-order valence-electron chi connectivity index (χ2n) is 7.49. The number of carbonyl (C=O) groups excluding carboxylic acids is 1. The van der Waals surface area contributed by atoms with Crippen LogP contribution in [0.15, 0.2) is 65.8 Å². The fourth-order valence-electron chi connectivity index (χ4n) is 3.64. The molecule has 0 fully saturated rings. The smallest absolute Gasteiger partial charge is 0.271 e. The number of amides is 1. The van der Waals surface area contributed by atoms with Gasteiger partial charge in [0.15, 0.2) is 11.5 Å². The van der Waals surface area contributed by atoms with Crippen LogP contribution in [0.4, 0.5) is 5.69 Å². The van der Waals surface area contributed by atoms with Crippen LogP contribution in [-0.2, 0) is 13.1 Å². The molecule has 4 rings (SSSR count). The Balaban J connectivity index is 1.41. The van der Waals surface area contributed by atoms with E-state index >= 15 is 0 Å². The maximum absolute atomic E-state index is 12.6. The second-order valence-corrected chi connectivity index (χ2v) is 7.49. The number of benzene rings is 3. The van der Waals surface area contributed by atoms with E-state index in [-0.39, 0.29) is 5.91 Å². The fourth-order valence-corrected chi connectivity index (χ4v) is 3.64. The van der Waals surface area contributed by atoms with Gasteiger partial charge in [-0.15, -0.1) is 0 Å². The number of rotatable bonds is 6.